The molecule has 1 N–H and O–H groups in total. The van der Waals surface area contributed by atoms with E-state index in [1.165, 1.54) is 5.01 Å². The second-order valence-electron chi connectivity index (χ2n) is 10.1. The summed E-state index contributed by atoms with van der Waals surface area (Å²) in [6.45, 7) is 9.81. The summed E-state index contributed by atoms with van der Waals surface area (Å²) >= 11 is 8.13. The maximum absolute atomic E-state index is 13.7. The van der Waals surface area contributed by atoms with Crippen LogP contribution in [0.5, 0.6) is 0 Å². The number of hydrogen-bond donors (Lipinski definition) is 1. The van der Waals surface area contributed by atoms with Gasteiger partial charge in [-0.25, -0.2) is 9.80 Å². The van der Waals surface area contributed by atoms with E-state index in [4.69, 9.17) is 21.4 Å². The first kappa shape index (κ1) is 26.6. The van der Waals surface area contributed by atoms with Gasteiger partial charge in [-0.05, 0) is 43.8 Å². The molecule has 4 rings (SSSR count). The predicted molar refractivity (Wildman–Crippen MR) is 144 cm³/mol. The Balaban J connectivity index is 1.55. The molecule has 0 saturated carbocycles. The lowest BCUT2D eigenvalue weighted by Gasteiger charge is -2.33. The number of nitrogens with zero attached hydrogens (tertiary/aromatic N) is 4. The van der Waals surface area contributed by atoms with Gasteiger partial charge < -0.3 is 15.0 Å². The molecule has 1 atom stereocenters. The zero-order valence-corrected chi connectivity index (χ0v) is 22.6. The fourth-order valence-electron chi connectivity index (χ4n) is 4.29. The molecule has 0 bridgehead atoms. The van der Waals surface area contributed by atoms with Crippen LogP contribution in [0.3, 0.4) is 0 Å². The molecule has 3 heterocycles. The highest BCUT2D eigenvalue weighted by Crippen LogP contribution is 2.37. The first-order chi connectivity index (χ1) is 17.2. The zero-order chi connectivity index (χ0) is 25.7. The average Bonchev–Trinajstić information content (AvgIpc) is 3.52. The van der Waals surface area contributed by atoms with Gasteiger partial charge in [-0.15, -0.1) is 11.3 Å². The van der Waals surface area contributed by atoms with Crippen molar-refractivity contribution in [1.29, 1.82) is 0 Å². The zero-order valence-electron chi connectivity index (χ0n) is 21.1. The highest BCUT2D eigenvalue weighted by molar-refractivity contribution is 7.12. The maximum atomic E-state index is 13.7. The van der Waals surface area contributed by atoms with Gasteiger partial charge in [-0.3, -0.25) is 9.69 Å². The van der Waals surface area contributed by atoms with Gasteiger partial charge in [-0.2, -0.15) is 5.10 Å². The summed E-state index contributed by atoms with van der Waals surface area (Å²) in [6.07, 6.45) is 0.567. The van der Waals surface area contributed by atoms with Crippen LogP contribution >= 0.6 is 22.9 Å². The van der Waals surface area contributed by atoms with Gasteiger partial charge in [0, 0.05) is 43.2 Å². The Morgan fingerprint density at radius 2 is 1.94 bits per heavy atom. The van der Waals surface area contributed by atoms with E-state index in [1.54, 1.807) is 16.2 Å². The van der Waals surface area contributed by atoms with E-state index in [-0.39, 0.29) is 24.5 Å². The van der Waals surface area contributed by atoms with Crippen molar-refractivity contribution in [2.24, 2.45) is 5.10 Å². The number of ether oxygens (including phenoxy) is 1. The number of hydrazone groups is 1. The van der Waals surface area contributed by atoms with Crippen LogP contribution in [0.15, 0.2) is 46.9 Å². The normalized spacial score (nSPS) is 18.7. The van der Waals surface area contributed by atoms with E-state index in [1.807, 2.05) is 62.5 Å². The van der Waals surface area contributed by atoms with Crippen molar-refractivity contribution in [3.8, 4) is 0 Å². The predicted octanol–water partition coefficient (Wildman–Crippen LogP) is 4.22. The summed E-state index contributed by atoms with van der Waals surface area (Å²) in [5.74, 6) is -0.238. The molecule has 0 aliphatic carbocycles. The SMILES string of the molecule is CC(C)(C)NC(=O)N(CCN1CCOCC1)CC(=O)N1N=C(c2cccs2)CC1c1ccccc1Cl. The number of rotatable bonds is 7. The minimum absolute atomic E-state index is 0.0750. The molecular formula is C26H34ClN5O3S. The van der Waals surface area contributed by atoms with Crippen LogP contribution in [0.4, 0.5) is 4.79 Å². The van der Waals surface area contributed by atoms with Crippen molar-refractivity contribution in [2.75, 3.05) is 45.9 Å². The van der Waals surface area contributed by atoms with Crippen molar-refractivity contribution >= 4 is 40.6 Å². The van der Waals surface area contributed by atoms with E-state index in [9.17, 15) is 9.59 Å². The molecule has 10 heteroatoms. The second kappa shape index (κ2) is 11.7. The molecule has 1 aromatic heterocycles. The van der Waals surface area contributed by atoms with E-state index < -0.39 is 5.54 Å². The number of nitrogens with one attached hydrogen (secondary N) is 1. The number of urea groups is 1. The van der Waals surface area contributed by atoms with Crippen molar-refractivity contribution in [3.63, 3.8) is 0 Å². The Bertz CT molecular complexity index is 1080. The van der Waals surface area contributed by atoms with E-state index in [0.717, 1.165) is 29.2 Å². The molecule has 1 aromatic carbocycles. The van der Waals surface area contributed by atoms with Crippen LogP contribution in [-0.2, 0) is 9.53 Å². The lowest BCUT2D eigenvalue weighted by atomic mass is 10.0. The minimum Gasteiger partial charge on any atom is -0.379 e. The third-order valence-electron chi connectivity index (χ3n) is 6.12. The van der Waals surface area contributed by atoms with Crippen molar-refractivity contribution < 1.29 is 14.3 Å². The van der Waals surface area contributed by atoms with Crippen LogP contribution in [0.1, 0.15) is 43.7 Å². The third-order valence-corrected chi connectivity index (χ3v) is 7.38. The smallest absolute Gasteiger partial charge is 0.318 e. The molecule has 8 nitrogen and oxygen atoms in total. The van der Waals surface area contributed by atoms with Crippen LogP contribution < -0.4 is 5.32 Å². The van der Waals surface area contributed by atoms with Gasteiger partial charge in [0.05, 0.1) is 29.8 Å². The number of hydrogen-bond acceptors (Lipinski definition) is 6. The first-order valence-electron chi connectivity index (χ1n) is 12.3. The third kappa shape index (κ3) is 6.85. The summed E-state index contributed by atoms with van der Waals surface area (Å²) in [5, 5.41) is 11.8. The summed E-state index contributed by atoms with van der Waals surface area (Å²) in [6, 6.07) is 10.9. The molecule has 2 aliphatic heterocycles. The Hall–Kier alpha value is -2.46. The summed E-state index contributed by atoms with van der Waals surface area (Å²) in [7, 11) is 0. The number of thiophene rings is 1. The van der Waals surface area contributed by atoms with Crippen molar-refractivity contribution in [2.45, 2.75) is 38.8 Å². The fourth-order valence-corrected chi connectivity index (χ4v) is 5.28. The second-order valence-corrected chi connectivity index (χ2v) is 11.4. The molecule has 36 heavy (non-hydrogen) atoms. The molecule has 0 radical (unpaired) electrons. The number of amides is 3. The van der Waals surface area contributed by atoms with Gasteiger partial charge in [0.2, 0.25) is 0 Å². The van der Waals surface area contributed by atoms with Crippen LogP contribution in [0, 0.1) is 0 Å². The van der Waals surface area contributed by atoms with E-state index >= 15 is 0 Å². The molecule has 3 amide bonds. The summed E-state index contributed by atoms with van der Waals surface area (Å²) in [5.41, 5.74) is 1.28. The van der Waals surface area contributed by atoms with E-state index in [0.29, 0.717) is 37.7 Å². The van der Waals surface area contributed by atoms with Crippen molar-refractivity contribution in [1.82, 2.24) is 20.1 Å². The standard InChI is InChI=1S/C26H34ClN5O3S/c1-26(2,3)28-25(34)31(11-10-30-12-14-35-15-13-30)18-24(33)32-22(19-7-4-5-8-20(19)27)17-21(29-32)23-9-6-16-36-23/h4-9,16,22H,10-15,17-18H2,1-3H3,(H,28,34). The topological polar surface area (TPSA) is 77.5 Å². The first-order valence-corrected chi connectivity index (χ1v) is 13.5. The van der Waals surface area contributed by atoms with Crippen LogP contribution in [0.2, 0.25) is 5.02 Å². The van der Waals surface area contributed by atoms with Crippen LogP contribution in [-0.4, -0.2) is 83.9 Å². The highest BCUT2D eigenvalue weighted by atomic mass is 35.5. The highest BCUT2D eigenvalue weighted by Gasteiger charge is 2.36. The Morgan fingerprint density at radius 3 is 2.61 bits per heavy atom. The molecule has 194 valence electrons. The number of carbonyl (C=O) groups excluding carboxylic acids is 2. The van der Waals surface area contributed by atoms with Gasteiger partial charge in [0.25, 0.3) is 5.91 Å². The molecule has 0 spiro atoms. The lowest BCUT2D eigenvalue weighted by Crippen LogP contribution is -2.53. The fraction of sp³-hybridized carbons (Fsp3) is 0.500. The molecule has 1 unspecified atom stereocenters. The molecule has 2 aromatic rings. The molecule has 1 saturated heterocycles. The van der Waals surface area contributed by atoms with Crippen LogP contribution in [0.25, 0.3) is 0 Å². The Labute approximate surface area is 221 Å². The van der Waals surface area contributed by atoms with Crippen molar-refractivity contribution in [3.05, 3.63) is 57.2 Å². The summed E-state index contributed by atoms with van der Waals surface area (Å²) < 4.78 is 5.44. The quantitative estimate of drug-likeness (QED) is 0.580. The maximum Gasteiger partial charge on any atom is 0.318 e. The minimum atomic E-state index is -0.421. The Morgan fingerprint density at radius 1 is 1.19 bits per heavy atom. The largest absolute Gasteiger partial charge is 0.379 e. The molecule has 2 aliphatic rings. The van der Waals surface area contributed by atoms with E-state index in [2.05, 4.69) is 10.2 Å². The Kier molecular flexibility index (Phi) is 8.66. The van der Waals surface area contributed by atoms with Gasteiger partial charge in [0.1, 0.15) is 6.54 Å². The molecule has 1 fully saturated rings. The monoisotopic (exact) mass is 531 g/mol. The number of halogens is 1. The van der Waals surface area contributed by atoms with Gasteiger partial charge in [0.15, 0.2) is 0 Å². The number of carbonyl (C=O) groups is 2. The number of morpholine rings is 1. The summed E-state index contributed by atoms with van der Waals surface area (Å²) in [4.78, 5) is 31.8. The lowest BCUT2D eigenvalue weighted by molar-refractivity contribution is -0.133. The molecular weight excluding hydrogens is 498 g/mol. The average molecular weight is 532 g/mol. The number of benzene rings is 1. The van der Waals surface area contributed by atoms with Gasteiger partial charge in [-0.1, -0.05) is 35.9 Å². The van der Waals surface area contributed by atoms with Gasteiger partial charge >= 0.3 is 6.03 Å².